The molecule has 2 aromatic rings. The third-order valence-corrected chi connectivity index (χ3v) is 1.41. The predicted molar refractivity (Wildman–Crippen MR) is 38.8 cm³/mol. The predicted octanol–water partition coefficient (Wildman–Crippen LogP) is -1.30. The van der Waals surface area contributed by atoms with E-state index in [1.165, 1.54) is 0 Å². The Balaban J connectivity index is 2.20. The van der Waals surface area contributed by atoms with E-state index in [2.05, 4.69) is 25.8 Å². The van der Waals surface area contributed by atoms with Crippen molar-refractivity contribution in [3.8, 4) is 0 Å². The summed E-state index contributed by atoms with van der Waals surface area (Å²) >= 11 is 0. The van der Waals surface area contributed by atoms with E-state index in [1.807, 2.05) is 7.05 Å². The van der Waals surface area contributed by atoms with Gasteiger partial charge in [0, 0.05) is 0 Å². The number of aromatic amines is 1. The highest BCUT2D eigenvalue weighted by molar-refractivity contribution is 5.11. The summed E-state index contributed by atoms with van der Waals surface area (Å²) in [5.74, 6) is 0.759. The molecule has 0 aromatic carbocycles. The summed E-state index contributed by atoms with van der Waals surface area (Å²) in [6.07, 6.45) is 4.77. The second kappa shape index (κ2) is 2.61. The van der Waals surface area contributed by atoms with Gasteiger partial charge in [-0.15, -0.1) is 15.3 Å². The van der Waals surface area contributed by atoms with Crippen LogP contribution in [-0.4, -0.2) is 25.1 Å². The summed E-state index contributed by atoms with van der Waals surface area (Å²) in [6.45, 7) is 0. The molecular formula is C5H8N7+. The molecule has 7 nitrogen and oxygen atoms in total. The fraction of sp³-hybridized carbons (Fsp3) is 0.200. The molecule has 2 aromatic heterocycles. The van der Waals surface area contributed by atoms with Crippen molar-refractivity contribution in [1.29, 1.82) is 0 Å². The molecule has 0 saturated carbocycles. The van der Waals surface area contributed by atoms with Crippen molar-refractivity contribution >= 4 is 5.95 Å². The fourth-order valence-electron chi connectivity index (χ4n) is 0.798. The van der Waals surface area contributed by atoms with E-state index in [1.54, 1.807) is 28.2 Å². The molecule has 62 valence electrons. The van der Waals surface area contributed by atoms with Gasteiger partial charge in [-0.3, -0.25) is 0 Å². The number of nitrogens with one attached hydrogen (secondary N) is 2. The first-order valence-corrected chi connectivity index (χ1v) is 3.37. The van der Waals surface area contributed by atoms with Crippen molar-refractivity contribution in [2.24, 2.45) is 7.05 Å². The standard InChI is InChI=1S/C5H7N7/c1-11-2-8-9-5(11)10-12-3-6-7-4-12/h2-4H,1H3,(H,9,10)/p+1. The number of H-pyrrole nitrogens is 1. The summed E-state index contributed by atoms with van der Waals surface area (Å²) in [4.78, 5) is 0. The first-order valence-electron chi connectivity index (χ1n) is 3.37. The summed E-state index contributed by atoms with van der Waals surface area (Å²) in [6, 6.07) is 0. The highest BCUT2D eigenvalue weighted by Crippen LogP contribution is 1.89. The SMILES string of the molecule is C[n+]1cn[nH]c1Nn1cnnc1. The van der Waals surface area contributed by atoms with Crippen LogP contribution in [0.1, 0.15) is 0 Å². The molecule has 0 fully saturated rings. The lowest BCUT2D eigenvalue weighted by Gasteiger charge is -1.96. The summed E-state index contributed by atoms with van der Waals surface area (Å²) < 4.78 is 3.42. The smallest absolute Gasteiger partial charge is 0.228 e. The minimum absolute atomic E-state index is 0.759. The molecule has 0 amide bonds. The minimum atomic E-state index is 0.759. The van der Waals surface area contributed by atoms with Gasteiger partial charge >= 0.3 is 5.95 Å². The third-order valence-electron chi connectivity index (χ3n) is 1.41. The lowest BCUT2D eigenvalue weighted by Crippen LogP contribution is -2.30. The van der Waals surface area contributed by atoms with Crippen molar-refractivity contribution in [2.45, 2.75) is 0 Å². The Kier molecular flexibility index (Phi) is 1.47. The van der Waals surface area contributed by atoms with E-state index in [9.17, 15) is 0 Å². The number of hydrogen-bond acceptors (Lipinski definition) is 4. The first-order chi connectivity index (χ1) is 5.86. The Morgan fingerprint density at radius 1 is 1.50 bits per heavy atom. The van der Waals surface area contributed by atoms with Gasteiger partial charge in [-0.05, 0) is 5.10 Å². The van der Waals surface area contributed by atoms with Gasteiger partial charge in [-0.1, -0.05) is 0 Å². The lowest BCUT2D eigenvalue weighted by atomic mass is 10.9. The van der Waals surface area contributed by atoms with Gasteiger partial charge in [0.05, 0.1) is 7.05 Å². The highest BCUT2D eigenvalue weighted by atomic mass is 15.5. The van der Waals surface area contributed by atoms with Crippen LogP contribution in [0.25, 0.3) is 0 Å². The van der Waals surface area contributed by atoms with Crippen LogP contribution in [0.4, 0.5) is 5.95 Å². The van der Waals surface area contributed by atoms with E-state index in [0.29, 0.717) is 0 Å². The van der Waals surface area contributed by atoms with E-state index in [0.717, 1.165) is 5.95 Å². The molecule has 12 heavy (non-hydrogen) atoms. The van der Waals surface area contributed by atoms with Crippen LogP contribution in [0.3, 0.4) is 0 Å². The maximum atomic E-state index is 3.82. The molecular weight excluding hydrogens is 158 g/mol. The number of rotatable bonds is 2. The van der Waals surface area contributed by atoms with Gasteiger partial charge in [0.1, 0.15) is 12.7 Å². The van der Waals surface area contributed by atoms with Crippen LogP contribution >= 0.6 is 0 Å². The maximum Gasteiger partial charge on any atom is 0.363 e. The molecule has 0 saturated heterocycles. The largest absolute Gasteiger partial charge is 0.363 e. The molecule has 0 spiro atoms. The van der Waals surface area contributed by atoms with Crippen LogP contribution < -0.4 is 9.99 Å². The molecule has 2 rings (SSSR count). The summed E-state index contributed by atoms with van der Waals surface area (Å²) in [5.41, 5.74) is 2.97. The average Bonchev–Trinajstić information content (AvgIpc) is 2.65. The van der Waals surface area contributed by atoms with Crippen LogP contribution in [0, 0.1) is 0 Å². The van der Waals surface area contributed by atoms with Crippen molar-refractivity contribution in [2.75, 3.05) is 5.43 Å². The Morgan fingerprint density at radius 2 is 2.25 bits per heavy atom. The Hall–Kier alpha value is -1.92. The average molecular weight is 166 g/mol. The van der Waals surface area contributed by atoms with E-state index in [4.69, 9.17) is 0 Å². The Labute approximate surface area is 68.0 Å². The molecule has 0 aliphatic carbocycles. The van der Waals surface area contributed by atoms with Crippen molar-refractivity contribution in [3.63, 3.8) is 0 Å². The van der Waals surface area contributed by atoms with Crippen molar-refractivity contribution in [1.82, 2.24) is 25.1 Å². The van der Waals surface area contributed by atoms with Crippen molar-refractivity contribution < 1.29 is 4.57 Å². The Bertz CT molecular complexity index is 348. The zero-order valence-corrected chi connectivity index (χ0v) is 6.47. The monoisotopic (exact) mass is 166 g/mol. The first kappa shape index (κ1) is 6.77. The molecule has 0 radical (unpaired) electrons. The number of aromatic nitrogens is 6. The molecule has 0 atom stereocenters. The molecule has 0 bridgehead atoms. The number of anilines is 1. The van der Waals surface area contributed by atoms with Gasteiger partial charge < -0.3 is 0 Å². The number of hydrogen-bond donors (Lipinski definition) is 2. The number of aryl methyl sites for hydroxylation is 1. The van der Waals surface area contributed by atoms with Gasteiger partial charge in [-0.2, -0.15) is 10.1 Å². The molecule has 0 aliphatic heterocycles. The topological polar surface area (TPSA) is 75.3 Å². The van der Waals surface area contributed by atoms with Gasteiger partial charge in [-0.25, -0.2) is 4.57 Å². The molecule has 0 aliphatic rings. The highest BCUT2D eigenvalue weighted by Gasteiger charge is 2.05. The quantitative estimate of drug-likeness (QED) is 0.544. The third kappa shape index (κ3) is 1.11. The normalized spacial score (nSPS) is 10.1. The minimum Gasteiger partial charge on any atom is -0.228 e. The second-order valence-electron chi connectivity index (χ2n) is 2.30. The number of nitrogens with zero attached hydrogens (tertiary/aromatic N) is 5. The molecule has 2 heterocycles. The van der Waals surface area contributed by atoms with Crippen LogP contribution in [-0.2, 0) is 7.05 Å². The van der Waals surface area contributed by atoms with Crippen molar-refractivity contribution in [3.05, 3.63) is 19.0 Å². The van der Waals surface area contributed by atoms with Crippen LogP contribution in [0.15, 0.2) is 19.0 Å². The summed E-state index contributed by atoms with van der Waals surface area (Å²) in [7, 11) is 1.87. The zero-order valence-electron chi connectivity index (χ0n) is 6.47. The fourth-order valence-corrected chi connectivity index (χ4v) is 0.798. The van der Waals surface area contributed by atoms with Gasteiger partial charge in [0.2, 0.25) is 6.33 Å². The zero-order chi connectivity index (χ0) is 8.39. The Morgan fingerprint density at radius 3 is 2.83 bits per heavy atom. The molecule has 0 unspecified atom stereocenters. The van der Waals surface area contributed by atoms with Gasteiger partial charge in [0.15, 0.2) is 0 Å². The lowest BCUT2D eigenvalue weighted by molar-refractivity contribution is -0.657. The van der Waals surface area contributed by atoms with E-state index < -0.39 is 0 Å². The van der Waals surface area contributed by atoms with Crippen LogP contribution in [0.2, 0.25) is 0 Å². The van der Waals surface area contributed by atoms with E-state index >= 15 is 0 Å². The summed E-state index contributed by atoms with van der Waals surface area (Å²) in [5, 5.41) is 13.9. The maximum absolute atomic E-state index is 3.82. The van der Waals surface area contributed by atoms with Crippen LogP contribution in [0.5, 0.6) is 0 Å². The van der Waals surface area contributed by atoms with Gasteiger partial charge in [0.25, 0.3) is 0 Å². The van der Waals surface area contributed by atoms with E-state index in [-0.39, 0.29) is 0 Å². The molecule has 7 heteroatoms. The second-order valence-corrected chi connectivity index (χ2v) is 2.30. The molecule has 2 N–H and O–H groups in total.